The molecule has 1 rings (SSSR count). The minimum Gasteiger partial charge on any atom is -0.466 e. The largest absolute Gasteiger partial charge is 0.466 e. The van der Waals surface area contributed by atoms with Gasteiger partial charge in [-0.3, -0.25) is 4.79 Å². The predicted molar refractivity (Wildman–Crippen MR) is 132 cm³/mol. The molecule has 0 unspecified atom stereocenters. The van der Waals surface area contributed by atoms with Gasteiger partial charge in [0.25, 0.3) is 0 Å². The molecule has 6 nitrogen and oxygen atoms in total. The van der Waals surface area contributed by atoms with Gasteiger partial charge in [-0.1, -0.05) is 33.6 Å². The summed E-state index contributed by atoms with van der Waals surface area (Å²) in [6.45, 7) is 20.8. The Morgan fingerprint density at radius 3 is 2.12 bits per heavy atom. The number of hydrogen-bond acceptors (Lipinski definition) is 5. The molecule has 7 heteroatoms. The second kappa shape index (κ2) is 12.4. The van der Waals surface area contributed by atoms with Crippen LogP contribution in [0.5, 0.6) is 0 Å². The van der Waals surface area contributed by atoms with Crippen LogP contribution >= 0.6 is 0 Å². The lowest BCUT2D eigenvalue weighted by Crippen LogP contribution is -2.44. The lowest BCUT2D eigenvalue weighted by molar-refractivity contribution is -0.143. The van der Waals surface area contributed by atoms with Gasteiger partial charge in [0.2, 0.25) is 0 Å². The maximum Gasteiger partial charge on any atom is 0.410 e. The van der Waals surface area contributed by atoms with Crippen LogP contribution in [0.2, 0.25) is 18.1 Å². The van der Waals surface area contributed by atoms with Crippen molar-refractivity contribution in [1.82, 2.24) is 4.90 Å². The summed E-state index contributed by atoms with van der Waals surface area (Å²) in [5, 5.41) is 0.143. The fourth-order valence-corrected chi connectivity index (χ4v) is 5.16. The molecular weight excluding hydrogens is 422 g/mol. The molecule has 0 spiro atoms. The van der Waals surface area contributed by atoms with Gasteiger partial charge < -0.3 is 18.8 Å². The quantitative estimate of drug-likeness (QED) is 0.267. The fourth-order valence-electron chi connectivity index (χ4n) is 3.73. The number of carbonyl (C=O) groups is 2. The van der Waals surface area contributed by atoms with Crippen LogP contribution in [0.1, 0.15) is 93.4 Å². The van der Waals surface area contributed by atoms with Gasteiger partial charge >= 0.3 is 12.1 Å². The first kappa shape index (κ1) is 28.9. The Balaban J connectivity index is 2.52. The summed E-state index contributed by atoms with van der Waals surface area (Å²) >= 11 is 0. The van der Waals surface area contributed by atoms with Crippen molar-refractivity contribution in [3.8, 4) is 0 Å². The molecule has 0 aromatic heterocycles. The second-order valence-electron chi connectivity index (χ2n) is 11.7. The highest BCUT2D eigenvalue weighted by Crippen LogP contribution is 2.38. The van der Waals surface area contributed by atoms with Crippen LogP contribution in [0.25, 0.3) is 0 Å². The molecule has 1 aliphatic rings. The highest BCUT2D eigenvalue weighted by atomic mass is 28.4. The summed E-state index contributed by atoms with van der Waals surface area (Å²) in [5.74, 6) is 0.498. The zero-order valence-electron chi connectivity index (χ0n) is 22.2. The van der Waals surface area contributed by atoms with Crippen LogP contribution in [0, 0.1) is 5.92 Å². The molecule has 1 saturated heterocycles. The molecule has 0 saturated carbocycles. The summed E-state index contributed by atoms with van der Waals surface area (Å²) in [6.07, 6.45) is 6.28. The molecule has 1 heterocycles. The average Bonchev–Trinajstić information content (AvgIpc) is 2.64. The Kier molecular flexibility index (Phi) is 11.2. The Bertz CT molecular complexity index is 586. The fraction of sp³-hybridized carbons (Fsp3) is 0.920. The second-order valence-corrected chi connectivity index (χ2v) is 16.4. The van der Waals surface area contributed by atoms with Gasteiger partial charge in [-0.25, -0.2) is 4.79 Å². The van der Waals surface area contributed by atoms with E-state index in [-0.39, 0.29) is 23.2 Å². The molecule has 0 N–H and O–H groups in total. The molecular formula is C25H49NO5Si. The molecule has 1 fully saturated rings. The topological polar surface area (TPSA) is 65.1 Å². The standard InChI is InChI=1S/C25H49NO5Si/c1-10-29-22(27)15-14-21(31-32(8,9)25(5,6)7)13-11-12-20-16-18-26(19-17-20)23(28)30-24(2,3)4/h20-21H,10-19H2,1-9H3/t21-/m0/s1. The summed E-state index contributed by atoms with van der Waals surface area (Å²) < 4.78 is 17.3. The lowest BCUT2D eigenvalue weighted by Gasteiger charge is -2.39. The van der Waals surface area contributed by atoms with Gasteiger partial charge in [-0.15, -0.1) is 0 Å². The van der Waals surface area contributed by atoms with Gasteiger partial charge in [0, 0.05) is 25.6 Å². The third kappa shape index (κ3) is 10.7. The van der Waals surface area contributed by atoms with Gasteiger partial charge in [-0.2, -0.15) is 0 Å². The first-order valence-corrected chi connectivity index (χ1v) is 15.4. The maximum atomic E-state index is 12.3. The molecule has 1 atom stereocenters. The zero-order chi connectivity index (χ0) is 24.6. The number of amides is 1. The zero-order valence-corrected chi connectivity index (χ0v) is 23.2. The minimum absolute atomic E-state index is 0.0992. The molecule has 0 aromatic rings. The molecule has 188 valence electrons. The number of carbonyl (C=O) groups excluding carboxylic acids is 2. The highest BCUT2D eigenvalue weighted by molar-refractivity contribution is 6.74. The van der Waals surface area contributed by atoms with Crippen LogP contribution in [-0.2, 0) is 18.7 Å². The third-order valence-electron chi connectivity index (χ3n) is 6.65. The van der Waals surface area contributed by atoms with E-state index in [0.29, 0.717) is 18.9 Å². The lowest BCUT2D eigenvalue weighted by atomic mass is 9.91. The molecule has 0 bridgehead atoms. The minimum atomic E-state index is -1.90. The van der Waals surface area contributed by atoms with Crippen LogP contribution in [-0.4, -0.2) is 56.7 Å². The van der Waals surface area contributed by atoms with E-state index in [4.69, 9.17) is 13.9 Å². The number of piperidine rings is 1. The van der Waals surface area contributed by atoms with E-state index in [9.17, 15) is 9.59 Å². The van der Waals surface area contributed by atoms with Crippen molar-refractivity contribution in [2.45, 2.75) is 123 Å². The highest BCUT2D eigenvalue weighted by Gasteiger charge is 2.39. The Hall–Kier alpha value is -1.08. The van der Waals surface area contributed by atoms with Crippen molar-refractivity contribution < 1.29 is 23.5 Å². The van der Waals surface area contributed by atoms with Crippen LogP contribution in [0.3, 0.4) is 0 Å². The van der Waals surface area contributed by atoms with Crippen LogP contribution < -0.4 is 0 Å². The maximum absolute atomic E-state index is 12.3. The van der Waals surface area contributed by atoms with E-state index in [0.717, 1.165) is 51.6 Å². The van der Waals surface area contributed by atoms with E-state index in [1.807, 2.05) is 32.6 Å². The summed E-state index contributed by atoms with van der Waals surface area (Å²) in [4.78, 5) is 26.0. The van der Waals surface area contributed by atoms with Crippen molar-refractivity contribution in [3.63, 3.8) is 0 Å². The normalized spacial score (nSPS) is 17.2. The van der Waals surface area contributed by atoms with Gasteiger partial charge in [0.05, 0.1) is 6.61 Å². The van der Waals surface area contributed by atoms with E-state index < -0.39 is 13.9 Å². The molecule has 32 heavy (non-hydrogen) atoms. The summed E-state index contributed by atoms with van der Waals surface area (Å²) in [5.41, 5.74) is -0.448. The van der Waals surface area contributed by atoms with Crippen molar-refractivity contribution in [2.24, 2.45) is 5.92 Å². The number of esters is 1. The smallest absolute Gasteiger partial charge is 0.410 e. The first-order chi connectivity index (χ1) is 14.6. The first-order valence-electron chi connectivity index (χ1n) is 12.5. The van der Waals surface area contributed by atoms with E-state index in [2.05, 4.69) is 33.9 Å². The summed E-state index contributed by atoms with van der Waals surface area (Å²) in [6, 6.07) is 0. The predicted octanol–water partition coefficient (Wildman–Crippen LogP) is 6.54. The molecule has 0 aromatic carbocycles. The van der Waals surface area contributed by atoms with Crippen molar-refractivity contribution in [2.75, 3.05) is 19.7 Å². The van der Waals surface area contributed by atoms with Crippen molar-refractivity contribution in [3.05, 3.63) is 0 Å². The van der Waals surface area contributed by atoms with Gasteiger partial charge in [0.15, 0.2) is 8.32 Å². The molecule has 0 radical (unpaired) electrons. The SMILES string of the molecule is CCOC(=O)CC[C@H](CCCC1CCN(C(=O)OC(C)(C)C)CC1)O[Si](C)(C)C(C)(C)C. The van der Waals surface area contributed by atoms with Crippen LogP contribution in [0.4, 0.5) is 4.79 Å². The number of ether oxygens (including phenoxy) is 2. The number of likely N-dealkylation sites (tertiary alicyclic amines) is 1. The Labute approximate surface area is 197 Å². The third-order valence-corrected chi connectivity index (χ3v) is 11.2. The summed E-state index contributed by atoms with van der Waals surface area (Å²) in [7, 11) is -1.90. The van der Waals surface area contributed by atoms with Crippen LogP contribution in [0.15, 0.2) is 0 Å². The molecule has 0 aliphatic carbocycles. The Morgan fingerprint density at radius 1 is 1.03 bits per heavy atom. The van der Waals surface area contributed by atoms with E-state index >= 15 is 0 Å². The van der Waals surface area contributed by atoms with Crippen molar-refractivity contribution in [1.29, 1.82) is 0 Å². The van der Waals surface area contributed by atoms with Crippen molar-refractivity contribution >= 4 is 20.4 Å². The number of hydrogen-bond donors (Lipinski definition) is 0. The number of rotatable bonds is 10. The van der Waals surface area contributed by atoms with Gasteiger partial charge in [-0.05, 0) is 77.4 Å². The average molecular weight is 472 g/mol. The van der Waals surface area contributed by atoms with Gasteiger partial charge in [0.1, 0.15) is 5.60 Å². The Morgan fingerprint density at radius 2 is 1.62 bits per heavy atom. The molecule has 1 amide bonds. The van der Waals surface area contributed by atoms with E-state index in [1.165, 1.54) is 0 Å². The van der Waals surface area contributed by atoms with E-state index in [1.54, 1.807) is 0 Å². The number of nitrogens with zero attached hydrogens (tertiary/aromatic N) is 1. The molecule has 1 aliphatic heterocycles. The monoisotopic (exact) mass is 471 g/mol.